The summed E-state index contributed by atoms with van der Waals surface area (Å²) in [6, 6.07) is 8.15. The monoisotopic (exact) mass is 337 g/mol. The maximum absolute atomic E-state index is 12.1. The Labute approximate surface area is 140 Å². The molecular weight excluding hydrogens is 318 g/mol. The van der Waals surface area contributed by atoms with Gasteiger partial charge in [0.15, 0.2) is 0 Å². The van der Waals surface area contributed by atoms with Gasteiger partial charge in [-0.05, 0) is 31.2 Å². The van der Waals surface area contributed by atoms with Gasteiger partial charge in [-0.3, -0.25) is 0 Å². The number of amides is 2. The van der Waals surface area contributed by atoms with Crippen molar-refractivity contribution >= 4 is 29.0 Å². The Morgan fingerprint density at radius 3 is 2.70 bits per heavy atom. The van der Waals surface area contributed by atoms with Gasteiger partial charge in [0.05, 0.1) is 29.2 Å². The lowest BCUT2D eigenvalue weighted by Gasteiger charge is -2.22. The number of hydrogen-bond donors (Lipinski definition) is 3. The van der Waals surface area contributed by atoms with Crippen molar-refractivity contribution in [2.24, 2.45) is 0 Å². The number of urea groups is 1. The molecule has 1 aromatic heterocycles. The number of rotatable bonds is 5. The van der Waals surface area contributed by atoms with Gasteiger partial charge in [0, 0.05) is 14.1 Å². The van der Waals surface area contributed by atoms with Gasteiger partial charge < -0.3 is 25.1 Å². The van der Waals surface area contributed by atoms with Crippen molar-refractivity contribution in [3.8, 4) is 0 Å². The van der Waals surface area contributed by atoms with Crippen molar-refractivity contribution in [1.82, 2.24) is 5.32 Å². The Morgan fingerprint density at radius 1 is 1.35 bits per heavy atom. The highest BCUT2D eigenvalue weighted by molar-refractivity contribution is 6.34. The fourth-order valence-corrected chi connectivity index (χ4v) is 2.51. The standard InChI is InChI=1S/C16H20ClN3O3/c1-16(22,13-8-5-9-23-13)10-18-15(21)19-12-7-4-6-11(17)14(12)20(2)3/h4-9,22H,10H2,1-3H3,(H2,18,19,21). The first kappa shape index (κ1) is 17.2. The van der Waals surface area contributed by atoms with E-state index in [0.29, 0.717) is 22.2 Å². The summed E-state index contributed by atoms with van der Waals surface area (Å²) in [6.45, 7) is 1.57. The molecule has 0 aliphatic heterocycles. The lowest BCUT2D eigenvalue weighted by Crippen LogP contribution is -2.40. The van der Waals surface area contributed by atoms with E-state index in [-0.39, 0.29) is 6.54 Å². The van der Waals surface area contributed by atoms with E-state index in [9.17, 15) is 9.90 Å². The Hall–Kier alpha value is -2.18. The lowest BCUT2D eigenvalue weighted by atomic mass is 10.0. The second kappa shape index (κ2) is 6.93. The number of carbonyl (C=O) groups is 1. The smallest absolute Gasteiger partial charge is 0.319 e. The Morgan fingerprint density at radius 2 is 2.09 bits per heavy atom. The zero-order valence-electron chi connectivity index (χ0n) is 13.3. The van der Waals surface area contributed by atoms with Crippen molar-refractivity contribution in [2.75, 3.05) is 30.9 Å². The third kappa shape index (κ3) is 4.18. The Balaban J connectivity index is 2.02. The van der Waals surface area contributed by atoms with Gasteiger partial charge in [-0.1, -0.05) is 17.7 Å². The van der Waals surface area contributed by atoms with Crippen LogP contribution in [0.4, 0.5) is 16.2 Å². The molecule has 2 aromatic rings. The number of benzene rings is 1. The molecule has 0 fully saturated rings. The first-order valence-electron chi connectivity index (χ1n) is 7.08. The zero-order valence-corrected chi connectivity index (χ0v) is 14.0. The van der Waals surface area contributed by atoms with Crippen molar-refractivity contribution in [1.29, 1.82) is 0 Å². The Kier molecular flexibility index (Phi) is 5.18. The van der Waals surface area contributed by atoms with Crippen LogP contribution in [-0.2, 0) is 5.60 Å². The molecule has 0 saturated carbocycles. The molecule has 2 rings (SSSR count). The summed E-state index contributed by atoms with van der Waals surface area (Å²) < 4.78 is 5.17. The molecule has 0 aliphatic rings. The van der Waals surface area contributed by atoms with E-state index < -0.39 is 11.6 Å². The van der Waals surface area contributed by atoms with Crippen LogP contribution in [0.25, 0.3) is 0 Å². The van der Waals surface area contributed by atoms with E-state index in [2.05, 4.69) is 10.6 Å². The van der Waals surface area contributed by atoms with Crippen LogP contribution in [0.5, 0.6) is 0 Å². The highest BCUT2D eigenvalue weighted by atomic mass is 35.5. The Bertz CT molecular complexity index is 669. The molecule has 1 unspecified atom stereocenters. The van der Waals surface area contributed by atoms with Gasteiger partial charge in [-0.25, -0.2) is 4.79 Å². The van der Waals surface area contributed by atoms with Gasteiger partial charge in [0.1, 0.15) is 11.4 Å². The first-order valence-corrected chi connectivity index (χ1v) is 7.46. The summed E-state index contributed by atoms with van der Waals surface area (Å²) in [4.78, 5) is 13.9. The number of nitrogens with one attached hydrogen (secondary N) is 2. The van der Waals surface area contributed by atoms with Gasteiger partial charge in [0.25, 0.3) is 0 Å². The predicted molar refractivity (Wildman–Crippen MR) is 91.1 cm³/mol. The minimum atomic E-state index is -1.29. The molecule has 0 radical (unpaired) electrons. The van der Waals surface area contributed by atoms with Crippen LogP contribution in [0.1, 0.15) is 12.7 Å². The number of hydrogen-bond acceptors (Lipinski definition) is 4. The predicted octanol–water partition coefficient (Wildman–Crippen LogP) is 3.03. The van der Waals surface area contributed by atoms with Gasteiger partial charge in [-0.2, -0.15) is 0 Å². The van der Waals surface area contributed by atoms with Gasteiger partial charge in [-0.15, -0.1) is 0 Å². The molecule has 1 atom stereocenters. The lowest BCUT2D eigenvalue weighted by molar-refractivity contribution is 0.0372. The van der Waals surface area contributed by atoms with Crippen LogP contribution in [0, 0.1) is 0 Å². The number of carbonyl (C=O) groups excluding carboxylic acids is 1. The second-order valence-electron chi connectivity index (χ2n) is 5.59. The molecule has 124 valence electrons. The highest BCUT2D eigenvalue weighted by Gasteiger charge is 2.27. The fraction of sp³-hybridized carbons (Fsp3) is 0.312. The second-order valence-corrected chi connectivity index (χ2v) is 6.00. The molecule has 6 nitrogen and oxygen atoms in total. The topological polar surface area (TPSA) is 77.7 Å². The van der Waals surface area contributed by atoms with Gasteiger partial charge in [0.2, 0.25) is 0 Å². The largest absolute Gasteiger partial charge is 0.466 e. The van der Waals surface area contributed by atoms with Crippen LogP contribution < -0.4 is 15.5 Å². The summed E-state index contributed by atoms with van der Waals surface area (Å²) in [5.41, 5.74) is -0.000674. The fourth-order valence-electron chi connectivity index (χ4n) is 2.16. The average Bonchev–Trinajstić information content (AvgIpc) is 3.00. The molecule has 0 saturated heterocycles. The van der Waals surface area contributed by atoms with Crippen LogP contribution >= 0.6 is 11.6 Å². The van der Waals surface area contributed by atoms with Gasteiger partial charge >= 0.3 is 6.03 Å². The van der Waals surface area contributed by atoms with Crippen LogP contribution in [-0.4, -0.2) is 31.8 Å². The quantitative estimate of drug-likeness (QED) is 0.783. The maximum atomic E-state index is 12.1. The van der Waals surface area contributed by atoms with E-state index in [1.54, 1.807) is 37.3 Å². The van der Waals surface area contributed by atoms with Crippen molar-refractivity contribution < 1.29 is 14.3 Å². The number of nitrogens with zero attached hydrogens (tertiary/aromatic N) is 1. The molecule has 1 aromatic carbocycles. The SMILES string of the molecule is CN(C)c1c(Cl)cccc1NC(=O)NCC(C)(O)c1ccco1. The average molecular weight is 338 g/mol. The zero-order chi connectivity index (χ0) is 17.0. The number of halogens is 1. The number of furan rings is 1. The van der Waals surface area contributed by atoms with E-state index in [1.165, 1.54) is 6.26 Å². The number of para-hydroxylation sites is 1. The van der Waals surface area contributed by atoms with Crippen molar-refractivity contribution in [3.63, 3.8) is 0 Å². The third-order valence-electron chi connectivity index (χ3n) is 3.33. The summed E-state index contributed by atoms with van der Waals surface area (Å²) >= 11 is 6.16. The summed E-state index contributed by atoms with van der Waals surface area (Å²) in [6.07, 6.45) is 1.47. The molecule has 0 spiro atoms. The molecule has 2 amide bonds. The molecule has 0 bridgehead atoms. The van der Waals surface area contributed by atoms with E-state index in [1.807, 2.05) is 19.0 Å². The van der Waals surface area contributed by atoms with Crippen molar-refractivity contribution in [3.05, 3.63) is 47.4 Å². The highest BCUT2D eigenvalue weighted by Crippen LogP contribution is 2.32. The summed E-state index contributed by atoms with van der Waals surface area (Å²) in [5.74, 6) is 0.384. The summed E-state index contributed by atoms with van der Waals surface area (Å²) in [5, 5.41) is 16.2. The molecule has 1 heterocycles. The molecule has 7 heteroatoms. The molecule has 23 heavy (non-hydrogen) atoms. The number of anilines is 2. The van der Waals surface area contributed by atoms with Crippen molar-refractivity contribution in [2.45, 2.75) is 12.5 Å². The molecular formula is C16H20ClN3O3. The molecule has 0 aliphatic carbocycles. The maximum Gasteiger partial charge on any atom is 0.319 e. The van der Waals surface area contributed by atoms with E-state index >= 15 is 0 Å². The van der Waals surface area contributed by atoms with E-state index in [4.69, 9.17) is 16.0 Å². The number of aliphatic hydroxyl groups is 1. The van der Waals surface area contributed by atoms with Crippen LogP contribution in [0.15, 0.2) is 41.0 Å². The van der Waals surface area contributed by atoms with Crippen LogP contribution in [0.2, 0.25) is 5.02 Å². The van der Waals surface area contributed by atoms with Crippen LogP contribution in [0.3, 0.4) is 0 Å². The molecule has 3 N–H and O–H groups in total. The van der Waals surface area contributed by atoms with E-state index in [0.717, 1.165) is 0 Å². The minimum absolute atomic E-state index is 0.00418. The summed E-state index contributed by atoms with van der Waals surface area (Å²) in [7, 11) is 3.68. The minimum Gasteiger partial charge on any atom is -0.466 e. The normalized spacial score (nSPS) is 13.3. The first-order chi connectivity index (χ1) is 10.8. The third-order valence-corrected chi connectivity index (χ3v) is 3.63.